The van der Waals surface area contributed by atoms with Crippen molar-refractivity contribution in [2.75, 3.05) is 0 Å². The number of pyridine rings is 1. The lowest BCUT2D eigenvalue weighted by molar-refractivity contribution is 0.378. The smallest absolute Gasteiger partial charge is 0.248 e. The summed E-state index contributed by atoms with van der Waals surface area (Å²) in [4.78, 5) is 14.0. The zero-order chi connectivity index (χ0) is 12.5. The van der Waals surface area contributed by atoms with Gasteiger partial charge in [-0.2, -0.15) is 0 Å². The third-order valence-electron chi connectivity index (χ3n) is 2.95. The number of H-pyrrole nitrogens is 1. The maximum atomic E-state index is 11.2. The van der Waals surface area contributed by atoms with Crippen LogP contribution in [-0.2, 0) is 6.42 Å². The minimum absolute atomic E-state index is 0.0417. The van der Waals surface area contributed by atoms with Crippen molar-refractivity contribution in [1.82, 2.24) is 4.98 Å². The van der Waals surface area contributed by atoms with Crippen molar-refractivity contribution in [3.8, 4) is 0 Å². The number of aromatic amines is 1. The first-order valence-electron chi connectivity index (χ1n) is 6.06. The van der Waals surface area contributed by atoms with E-state index >= 15 is 0 Å². The number of hydrogen-bond donors (Lipinski definition) is 1. The second-order valence-electron chi connectivity index (χ2n) is 5.80. The van der Waals surface area contributed by atoms with Crippen LogP contribution in [0.4, 0.5) is 0 Å². The molecule has 0 aliphatic carbocycles. The van der Waals surface area contributed by atoms with Crippen molar-refractivity contribution in [3.63, 3.8) is 0 Å². The predicted octanol–water partition coefficient (Wildman–Crippen LogP) is 3.51. The van der Waals surface area contributed by atoms with Gasteiger partial charge in [-0.3, -0.25) is 4.79 Å². The maximum absolute atomic E-state index is 11.2. The molecule has 2 nitrogen and oxygen atoms in total. The van der Waals surface area contributed by atoms with E-state index in [2.05, 4.69) is 37.9 Å². The van der Waals surface area contributed by atoms with Crippen molar-refractivity contribution >= 4 is 10.9 Å². The van der Waals surface area contributed by atoms with E-state index in [4.69, 9.17) is 0 Å². The predicted molar refractivity (Wildman–Crippen MR) is 72.3 cm³/mol. The van der Waals surface area contributed by atoms with Crippen LogP contribution >= 0.6 is 0 Å². The monoisotopic (exact) mass is 229 g/mol. The van der Waals surface area contributed by atoms with E-state index in [-0.39, 0.29) is 5.56 Å². The Morgan fingerprint density at radius 2 is 1.88 bits per heavy atom. The fourth-order valence-electron chi connectivity index (χ4n) is 1.88. The van der Waals surface area contributed by atoms with Crippen LogP contribution in [0.3, 0.4) is 0 Å². The molecule has 17 heavy (non-hydrogen) atoms. The largest absolute Gasteiger partial charge is 0.322 e. The number of aromatic nitrogens is 1. The molecular formula is C15H19NO. The first kappa shape index (κ1) is 11.9. The zero-order valence-electron chi connectivity index (χ0n) is 10.7. The highest BCUT2D eigenvalue weighted by atomic mass is 16.1. The molecule has 0 saturated carbocycles. The zero-order valence-corrected chi connectivity index (χ0v) is 10.7. The van der Waals surface area contributed by atoms with E-state index in [1.807, 2.05) is 12.1 Å². The number of hydrogen-bond acceptors (Lipinski definition) is 1. The van der Waals surface area contributed by atoms with Crippen LogP contribution in [0.25, 0.3) is 10.9 Å². The number of fused-ring (bicyclic) bond motifs is 1. The van der Waals surface area contributed by atoms with E-state index in [1.165, 1.54) is 12.0 Å². The Hall–Kier alpha value is -1.57. The highest BCUT2D eigenvalue weighted by Gasteiger charge is 2.10. The Bertz CT molecular complexity index is 575. The molecule has 2 heteroatoms. The van der Waals surface area contributed by atoms with Gasteiger partial charge in [0.2, 0.25) is 5.56 Å². The van der Waals surface area contributed by atoms with Gasteiger partial charge in [0.15, 0.2) is 0 Å². The van der Waals surface area contributed by atoms with E-state index in [0.29, 0.717) is 5.41 Å². The highest BCUT2D eigenvalue weighted by Crippen LogP contribution is 2.22. The van der Waals surface area contributed by atoms with Crippen LogP contribution in [0, 0.1) is 5.41 Å². The molecule has 0 aliphatic heterocycles. The fraction of sp³-hybridized carbons (Fsp3) is 0.400. The summed E-state index contributed by atoms with van der Waals surface area (Å²) >= 11 is 0. The Morgan fingerprint density at radius 1 is 1.12 bits per heavy atom. The van der Waals surface area contributed by atoms with Crippen LogP contribution in [0.2, 0.25) is 0 Å². The van der Waals surface area contributed by atoms with Crippen LogP contribution in [0.15, 0.2) is 35.1 Å². The Morgan fingerprint density at radius 3 is 2.59 bits per heavy atom. The van der Waals surface area contributed by atoms with Crippen molar-refractivity contribution in [1.29, 1.82) is 0 Å². The lowest BCUT2D eigenvalue weighted by Crippen LogP contribution is -2.06. The number of benzene rings is 1. The molecular weight excluding hydrogens is 210 g/mol. The fourth-order valence-corrected chi connectivity index (χ4v) is 1.88. The van der Waals surface area contributed by atoms with E-state index in [0.717, 1.165) is 17.3 Å². The van der Waals surface area contributed by atoms with Crippen molar-refractivity contribution in [3.05, 3.63) is 46.2 Å². The summed E-state index contributed by atoms with van der Waals surface area (Å²) in [6, 6.07) is 9.72. The molecule has 90 valence electrons. The molecule has 1 aromatic carbocycles. The molecule has 0 amide bonds. The highest BCUT2D eigenvalue weighted by molar-refractivity contribution is 5.78. The van der Waals surface area contributed by atoms with Crippen LogP contribution < -0.4 is 5.56 Å². The second kappa shape index (κ2) is 4.36. The quantitative estimate of drug-likeness (QED) is 0.839. The lowest BCUT2D eigenvalue weighted by atomic mass is 9.88. The molecule has 0 aliphatic rings. The second-order valence-corrected chi connectivity index (χ2v) is 5.80. The Kier molecular flexibility index (Phi) is 3.05. The van der Waals surface area contributed by atoms with Crippen molar-refractivity contribution < 1.29 is 0 Å². The SMILES string of the molecule is CC(C)(C)CCc1ccc2[nH]c(=O)ccc2c1. The standard InChI is InChI=1S/C15H19NO/c1-15(2,3)9-8-11-4-6-13-12(10-11)5-7-14(17)16-13/h4-7,10H,8-9H2,1-3H3,(H,16,17). The normalized spacial score (nSPS) is 11.9. The molecule has 0 bridgehead atoms. The average molecular weight is 229 g/mol. The molecule has 0 radical (unpaired) electrons. The minimum Gasteiger partial charge on any atom is -0.322 e. The molecule has 0 fully saturated rings. The van der Waals surface area contributed by atoms with Gasteiger partial charge in [0.05, 0.1) is 0 Å². The molecule has 0 atom stereocenters. The molecule has 2 rings (SSSR count). The maximum Gasteiger partial charge on any atom is 0.248 e. The van der Waals surface area contributed by atoms with Gasteiger partial charge >= 0.3 is 0 Å². The molecule has 0 unspecified atom stereocenters. The van der Waals surface area contributed by atoms with E-state index in [1.54, 1.807) is 6.07 Å². The van der Waals surface area contributed by atoms with Crippen molar-refractivity contribution in [2.45, 2.75) is 33.6 Å². The van der Waals surface area contributed by atoms with Gasteiger partial charge in [0, 0.05) is 11.6 Å². The average Bonchev–Trinajstić information content (AvgIpc) is 2.25. The number of rotatable bonds is 2. The third-order valence-corrected chi connectivity index (χ3v) is 2.95. The van der Waals surface area contributed by atoms with Gasteiger partial charge in [-0.1, -0.05) is 26.8 Å². The molecule has 1 aromatic heterocycles. The summed E-state index contributed by atoms with van der Waals surface area (Å²) in [5, 5.41) is 1.11. The van der Waals surface area contributed by atoms with Gasteiger partial charge in [-0.05, 0) is 47.4 Å². The van der Waals surface area contributed by atoms with Crippen LogP contribution in [-0.4, -0.2) is 4.98 Å². The molecule has 2 aromatic rings. The van der Waals surface area contributed by atoms with Gasteiger partial charge in [-0.25, -0.2) is 0 Å². The first-order chi connectivity index (χ1) is 7.94. The van der Waals surface area contributed by atoms with Gasteiger partial charge in [0.1, 0.15) is 0 Å². The molecule has 0 saturated heterocycles. The number of aryl methyl sites for hydroxylation is 1. The minimum atomic E-state index is -0.0417. The molecule has 1 N–H and O–H groups in total. The third kappa shape index (κ3) is 3.19. The Balaban J connectivity index is 2.26. The van der Waals surface area contributed by atoms with Crippen LogP contribution in [0.5, 0.6) is 0 Å². The van der Waals surface area contributed by atoms with E-state index < -0.39 is 0 Å². The van der Waals surface area contributed by atoms with Gasteiger partial charge < -0.3 is 4.98 Å². The topological polar surface area (TPSA) is 32.9 Å². The summed E-state index contributed by atoms with van der Waals surface area (Å²) in [6.45, 7) is 6.77. The first-order valence-corrected chi connectivity index (χ1v) is 6.06. The summed E-state index contributed by atoms with van der Waals surface area (Å²) in [7, 11) is 0. The molecule has 0 spiro atoms. The summed E-state index contributed by atoms with van der Waals surface area (Å²) in [5.41, 5.74) is 2.57. The summed E-state index contributed by atoms with van der Waals surface area (Å²) in [6.07, 6.45) is 2.25. The summed E-state index contributed by atoms with van der Waals surface area (Å²) in [5.74, 6) is 0. The van der Waals surface area contributed by atoms with Gasteiger partial charge in [-0.15, -0.1) is 0 Å². The van der Waals surface area contributed by atoms with Crippen molar-refractivity contribution in [2.24, 2.45) is 5.41 Å². The molecule has 1 heterocycles. The summed E-state index contributed by atoms with van der Waals surface area (Å²) < 4.78 is 0. The van der Waals surface area contributed by atoms with E-state index in [9.17, 15) is 4.79 Å². The van der Waals surface area contributed by atoms with Gasteiger partial charge in [0.25, 0.3) is 0 Å². The lowest BCUT2D eigenvalue weighted by Gasteiger charge is -2.17. The Labute approximate surface area is 102 Å². The number of nitrogens with one attached hydrogen (secondary N) is 1. The van der Waals surface area contributed by atoms with Crippen LogP contribution in [0.1, 0.15) is 32.8 Å².